The normalized spacial score (nSPS) is 11.8. The molecular formula is C22H20N4O2S3. The summed E-state index contributed by atoms with van der Waals surface area (Å²) in [5.41, 5.74) is 3.53. The first-order valence-corrected chi connectivity index (χ1v) is 12.2. The number of aromatic nitrogens is 2. The van der Waals surface area contributed by atoms with Gasteiger partial charge in [-0.25, -0.2) is 9.97 Å². The summed E-state index contributed by atoms with van der Waals surface area (Å²) in [6.45, 7) is 3.45. The van der Waals surface area contributed by atoms with E-state index >= 15 is 0 Å². The van der Waals surface area contributed by atoms with Gasteiger partial charge in [0.1, 0.15) is 5.01 Å². The fourth-order valence-electron chi connectivity index (χ4n) is 3.02. The Kier molecular flexibility index (Phi) is 6.55. The molecule has 6 nitrogen and oxygen atoms in total. The molecule has 0 aliphatic rings. The predicted octanol–water partition coefficient (Wildman–Crippen LogP) is 5.37. The number of hydrogen-bond donors (Lipinski definition) is 2. The summed E-state index contributed by atoms with van der Waals surface area (Å²) in [7, 11) is 0. The molecule has 31 heavy (non-hydrogen) atoms. The van der Waals surface area contributed by atoms with Gasteiger partial charge in [-0.15, -0.1) is 34.0 Å². The number of thiophene rings is 1. The van der Waals surface area contributed by atoms with Crippen molar-refractivity contribution >= 4 is 51.0 Å². The van der Waals surface area contributed by atoms with Crippen LogP contribution in [0.3, 0.4) is 0 Å². The molecule has 0 saturated heterocycles. The van der Waals surface area contributed by atoms with Crippen LogP contribution >= 0.6 is 34.0 Å². The number of carbonyl (C=O) groups excluding carboxylic acids is 2. The Morgan fingerprint density at radius 1 is 1.03 bits per heavy atom. The lowest BCUT2D eigenvalue weighted by molar-refractivity contribution is -0.119. The van der Waals surface area contributed by atoms with Gasteiger partial charge in [0.15, 0.2) is 5.13 Å². The summed E-state index contributed by atoms with van der Waals surface area (Å²) in [6.07, 6.45) is 0.215. The van der Waals surface area contributed by atoms with Crippen LogP contribution < -0.4 is 10.6 Å². The van der Waals surface area contributed by atoms with Gasteiger partial charge >= 0.3 is 0 Å². The van der Waals surface area contributed by atoms with Gasteiger partial charge in [0.05, 0.1) is 28.7 Å². The third-order valence-corrected chi connectivity index (χ3v) is 7.19. The largest absolute Gasteiger partial charge is 0.350 e. The molecule has 0 aliphatic carbocycles. The number of hydrogen-bond acceptors (Lipinski definition) is 7. The molecule has 4 rings (SSSR count). The van der Waals surface area contributed by atoms with Gasteiger partial charge in [-0.3, -0.25) is 9.59 Å². The Bertz CT molecular complexity index is 1180. The lowest BCUT2D eigenvalue weighted by Gasteiger charge is -2.12. The molecule has 9 heteroatoms. The molecule has 0 fully saturated rings. The summed E-state index contributed by atoms with van der Waals surface area (Å²) in [5.74, 6) is -0.194. The third kappa shape index (κ3) is 5.43. The lowest BCUT2D eigenvalue weighted by Crippen LogP contribution is -2.23. The molecule has 2 amide bonds. The molecule has 0 bridgehead atoms. The van der Waals surface area contributed by atoms with Crippen molar-refractivity contribution in [2.75, 3.05) is 5.32 Å². The SMILES string of the molecule is CC(=O)NC(C)c1ccc(-c2csc(NC(=O)Cc3csc(-c4cccs4)n3)n2)cc1. The molecule has 1 unspecified atom stereocenters. The monoisotopic (exact) mass is 468 g/mol. The van der Waals surface area contributed by atoms with E-state index in [2.05, 4.69) is 20.6 Å². The van der Waals surface area contributed by atoms with Crippen molar-refractivity contribution in [3.05, 3.63) is 63.8 Å². The van der Waals surface area contributed by atoms with Crippen molar-refractivity contribution in [3.8, 4) is 21.1 Å². The highest BCUT2D eigenvalue weighted by Gasteiger charge is 2.13. The summed E-state index contributed by atoms with van der Waals surface area (Å²) < 4.78 is 0. The molecule has 4 aromatic rings. The average molecular weight is 469 g/mol. The molecule has 3 aromatic heterocycles. The van der Waals surface area contributed by atoms with Crippen LogP contribution in [-0.2, 0) is 16.0 Å². The molecule has 0 radical (unpaired) electrons. The van der Waals surface area contributed by atoms with Crippen LogP contribution in [0.4, 0.5) is 5.13 Å². The number of carbonyl (C=O) groups is 2. The van der Waals surface area contributed by atoms with Gasteiger partial charge in [0.2, 0.25) is 11.8 Å². The zero-order valence-electron chi connectivity index (χ0n) is 16.9. The maximum Gasteiger partial charge on any atom is 0.232 e. The molecular weight excluding hydrogens is 448 g/mol. The Morgan fingerprint density at radius 2 is 1.84 bits per heavy atom. The predicted molar refractivity (Wildman–Crippen MR) is 128 cm³/mol. The second-order valence-electron chi connectivity index (χ2n) is 6.93. The molecule has 0 saturated carbocycles. The van der Waals surface area contributed by atoms with E-state index in [9.17, 15) is 9.59 Å². The van der Waals surface area contributed by atoms with Crippen molar-refractivity contribution in [3.63, 3.8) is 0 Å². The minimum Gasteiger partial charge on any atom is -0.350 e. The van der Waals surface area contributed by atoms with Crippen LogP contribution in [0.2, 0.25) is 0 Å². The van der Waals surface area contributed by atoms with E-state index in [4.69, 9.17) is 0 Å². The zero-order valence-corrected chi connectivity index (χ0v) is 19.4. The van der Waals surface area contributed by atoms with Gasteiger partial charge in [-0.05, 0) is 23.9 Å². The summed E-state index contributed by atoms with van der Waals surface area (Å²) >= 11 is 4.57. The zero-order chi connectivity index (χ0) is 21.8. The molecule has 1 aromatic carbocycles. The Morgan fingerprint density at radius 3 is 2.55 bits per heavy atom. The van der Waals surface area contributed by atoms with E-state index in [-0.39, 0.29) is 24.3 Å². The number of nitrogens with one attached hydrogen (secondary N) is 2. The maximum atomic E-state index is 12.4. The summed E-state index contributed by atoms with van der Waals surface area (Å²) in [4.78, 5) is 33.8. The quantitative estimate of drug-likeness (QED) is 0.382. The van der Waals surface area contributed by atoms with Gasteiger partial charge < -0.3 is 10.6 Å². The number of thiazole rings is 2. The van der Waals surface area contributed by atoms with E-state index in [0.717, 1.165) is 32.4 Å². The molecule has 158 valence electrons. The van der Waals surface area contributed by atoms with Gasteiger partial charge in [0, 0.05) is 23.2 Å². The fourth-order valence-corrected chi connectivity index (χ4v) is 5.39. The van der Waals surface area contributed by atoms with Crippen LogP contribution in [0.15, 0.2) is 52.5 Å². The molecule has 0 spiro atoms. The van der Waals surface area contributed by atoms with Crippen LogP contribution in [0.25, 0.3) is 21.1 Å². The fraction of sp³-hybridized carbons (Fsp3) is 0.182. The van der Waals surface area contributed by atoms with Crippen molar-refractivity contribution in [1.82, 2.24) is 15.3 Å². The smallest absolute Gasteiger partial charge is 0.232 e. The highest BCUT2D eigenvalue weighted by atomic mass is 32.1. The Balaban J connectivity index is 1.36. The maximum absolute atomic E-state index is 12.4. The first-order valence-electron chi connectivity index (χ1n) is 9.59. The van der Waals surface area contributed by atoms with Crippen molar-refractivity contribution < 1.29 is 9.59 Å². The molecule has 1 atom stereocenters. The van der Waals surface area contributed by atoms with Gasteiger partial charge in [-0.2, -0.15) is 0 Å². The second-order valence-corrected chi connectivity index (χ2v) is 9.59. The molecule has 0 aliphatic heterocycles. The van der Waals surface area contributed by atoms with Gasteiger partial charge in [-0.1, -0.05) is 30.3 Å². The van der Waals surface area contributed by atoms with E-state index < -0.39 is 0 Å². The molecule has 2 N–H and O–H groups in total. The van der Waals surface area contributed by atoms with Crippen molar-refractivity contribution in [2.45, 2.75) is 26.3 Å². The van der Waals surface area contributed by atoms with Gasteiger partial charge in [0.25, 0.3) is 0 Å². The first kappa shape index (κ1) is 21.4. The van der Waals surface area contributed by atoms with E-state index in [1.165, 1.54) is 18.3 Å². The van der Waals surface area contributed by atoms with E-state index in [1.54, 1.807) is 22.7 Å². The minimum absolute atomic E-state index is 0.0529. The van der Waals surface area contributed by atoms with Crippen molar-refractivity contribution in [2.24, 2.45) is 0 Å². The van der Waals surface area contributed by atoms with Crippen molar-refractivity contribution in [1.29, 1.82) is 0 Å². The first-order chi connectivity index (χ1) is 15.0. The highest BCUT2D eigenvalue weighted by molar-refractivity contribution is 7.20. The highest BCUT2D eigenvalue weighted by Crippen LogP contribution is 2.29. The third-order valence-electron chi connectivity index (χ3n) is 4.50. The topological polar surface area (TPSA) is 84.0 Å². The lowest BCUT2D eigenvalue weighted by atomic mass is 10.1. The van der Waals surface area contributed by atoms with Crippen LogP contribution in [0.1, 0.15) is 31.1 Å². The molecule has 3 heterocycles. The van der Waals surface area contributed by atoms with E-state index in [0.29, 0.717) is 5.13 Å². The number of rotatable bonds is 7. The average Bonchev–Trinajstić information content (AvgIpc) is 3.49. The van der Waals surface area contributed by atoms with Crippen LogP contribution in [0.5, 0.6) is 0 Å². The summed E-state index contributed by atoms with van der Waals surface area (Å²) in [6, 6.07) is 11.8. The number of nitrogens with zero attached hydrogens (tertiary/aromatic N) is 2. The number of amides is 2. The number of anilines is 1. The van der Waals surface area contributed by atoms with E-state index in [1.807, 2.05) is 59.5 Å². The van der Waals surface area contributed by atoms with Crippen LogP contribution in [-0.4, -0.2) is 21.8 Å². The Labute approximate surface area is 192 Å². The summed E-state index contributed by atoms with van der Waals surface area (Å²) in [5, 5.41) is 13.1. The Hall–Kier alpha value is -2.88. The minimum atomic E-state index is -0.136. The second kappa shape index (κ2) is 9.51. The van der Waals surface area contributed by atoms with Crippen LogP contribution in [0, 0.1) is 0 Å². The standard InChI is InChI=1S/C22H20N4O2S3/c1-13(23-14(2)27)15-5-7-16(8-6-15)18-12-31-22(25-18)26-20(28)10-17-11-30-21(24-17)19-4-3-9-29-19/h3-9,11-13H,10H2,1-2H3,(H,23,27)(H,25,26,28). The number of benzene rings is 1.